The summed E-state index contributed by atoms with van der Waals surface area (Å²) in [6.07, 6.45) is 0.354. The fourth-order valence-electron chi connectivity index (χ4n) is 1.81. The first kappa shape index (κ1) is 26.1. The molecule has 0 aliphatic heterocycles. The van der Waals surface area contributed by atoms with Crippen molar-refractivity contribution in [2.75, 3.05) is 0 Å². The minimum Gasteiger partial charge on any atom is -0.480 e. The van der Waals surface area contributed by atoms with Crippen LogP contribution < -0.4 is 5.73 Å². The number of ketones is 2. The van der Waals surface area contributed by atoms with Gasteiger partial charge in [0.15, 0.2) is 0 Å². The van der Waals surface area contributed by atoms with Crippen molar-refractivity contribution in [2.45, 2.75) is 25.8 Å². The van der Waals surface area contributed by atoms with Crippen molar-refractivity contribution in [2.24, 2.45) is 5.73 Å². The number of carboxylic acid groups (broad SMARTS) is 3. The molecular formula is C21H23NO8. The average Bonchev–Trinajstić information content (AvgIpc) is 2.70. The Balaban J connectivity index is 0.000000447. The van der Waals surface area contributed by atoms with Crippen molar-refractivity contribution >= 4 is 29.5 Å². The van der Waals surface area contributed by atoms with E-state index >= 15 is 0 Å². The number of rotatable bonds is 7. The van der Waals surface area contributed by atoms with Gasteiger partial charge in [0.1, 0.15) is 6.04 Å². The zero-order chi connectivity index (χ0) is 23.1. The number of aliphatic carboxylic acids is 3. The summed E-state index contributed by atoms with van der Waals surface area (Å²) in [5.74, 6) is -5.32. The van der Waals surface area contributed by atoms with Crippen LogP contribution in [-0.2, 0) is 36.8 Å². The summed E-state index contributed by atoms with van der Waals surface area (Å²) in [6.45, 7) is 1.00. The maximum atomic E-state index is 10.7. The largest absolute Gasteiger partial charge is 0.480 e. The molecule has 0 aromatic heterocycles. The monoisotopic (exact) mass is 417 g/mol. The molecule has 30 heavy (non-hydrogen) atoms. The van der Waals surface area contributed by atoms with Crippen LogP contribution in [0.3, 0.4) is 0 Å². The van der Waals surface area contributed by atoms with Gasteiger partial charge in [-0.3, -0.25) is 14.4 Å². The standard InChI is InChI=1S/C9H11NO2.C9H8O3.C3H4O3/c2*10-8(9(11)12)6-7-4-2-1-3-5-7;1-2(4)3(5)6/h1-5,8H,6,10H2,(H,11,12);1-5H,6H2,(H,11,12);1H3,(H,5,6)/t8-;;/m0../s1. The summed E-state index contributed by atoms with van der Waals surface area (Å²) in [5, 5.41) is 24.5. The van der Waals surface area contributed by atoms with Gasteiger partial charge in [-0.05, 0) is 17.5 Å². The third-order valence-electron chi connectivity index (χ3n) is 3.36. The predicted octanol–water partition coefficient (Wildman–Crippen LogP) is 1.18. The highest BCUT2D eigenvalue weighted by Gasteiger charge is 2.11. The first-order chi connectivity index (χ1) is 14.0. The van der Waals surface area contributed by atoms with Gasteiger partial charge in [-0.2, -0.15) is 0 Å². The number of carboxylic acids is 3. The van der Waals surface area contributed by atoms with Gasteiger partial charge in [0.25, 0.3) is 0 Å². The van der Waals surface area contributed by atoms with E-state index in [9.17, 15) is 24.0 Å². The number of nitrogens with two attached hydrogens (primary N) is 1. The third kappa shape index (κ3) is 12.5. The molecule has 2 aromatic rings. The van der Waals surface area contributed by atoms with Crippen LogP contribution in [0, 0.1) is 0 Å². The van der Waals surface area contributed by atoms with Crippen LogP contribution in [0.1, 0.15) is 18.1 Å². The zero-order valence-electron chi connectivity index (χ0n) is 16.2. The Hall–Kier alpha value is -3.85. The lowest BCUT2D eigenvalue weighted by molar-refractivity contribution is -0.148. The Morgan fingerprint density at radius 3 is 1.50 bits per heavy atom. The van der Waals surface area contributed by atoms with E-state index in [4.69, 9.17) is 21.1 Å². The van der Waals surface area contributed by atoms with Crippen LogP contribution in [0.4, 0.5) is 0 Å². The smallest absolute Gasteiger partial charge is 0.372 e. The van der Waals surface area contributed by atoms with Crippen LogP contribution >= 0.6 is 0 Å². The van der Waals surface area contributed by atoms with Gasteiger partial charge in [-0.1, -0.05) is 60.7 Å². The van der Waals surface area contributed by atoms with E-state index < -0.39 is 35.5 Å². The Morgan fingerprint density at radius 1 is 0.767 bits per heavy atom. The van der Waals surface area contributed by atoms with Crippen LogP contribution in [-0.4, -0.2) is 50.8 Å². The van der Waals surface area contributed by atoms with E-state index in [1.165, 1.54) is 0 Å². The second-order valence-electron chi connectivity index (χ2n) is 5.89. The lowest BCUT2D eigenvalue weighted by Crippen LogP contribution is -2.32. The van der Waals surface area contributed by atoms with E-state index in [0.717, 1.165) is 18.1 Å². The van der Waals surface area contributed by atoms with Crippen LogP contribution in [0.2, 0.25) is 0 Å². The van der Waals surface area contributed by atoms with E-state index in [1.54, 1.807) is 24.3 Å². The molecular weight excluding hydrogens is 394 g/mol. The summed E-state index contributed by atoms with van der Waals surface area (Å²) in [7, 11) is 0. The van der Waals surface area contributed by atoms with Gasteiger partial charge in [0.2, 0.25) is 11.6 Å². The third-order valence-corrected chi connectivity index (χ3v) is 3.36. The Bertz CT molecular complexity index is 838. The topological polar surface area (TPSA) is 172 Å². The molecule has 2 aromatic carbocycles. The summed E-state index contributed by atoms with van der Waals surface area (Å²) in [6, 6.07) is 17.3. The molecule has 0 fully saturated rings. The molecule has 0 amide bonds. The van der Waals surface area contributed by atoms with Crippen LogP contribution in [0.5, 0.6) is 0 Å². The van der Waals surface area contributed by atoms with Gasteiger partial charge in [-0.15, -0.1) is 0 Å². The molecule has 0 saturated carbocycles. The molecule has 9 nitrogen and oxygen atoms in total. The lowest BCUT2D eigenvalue weighted by atomic mass is 10.1. The van der Waals surface area contributed by atoms with E-state index in [0.29, 0.717) is 6.42 Å². The lowest BCUT2D eigenvalue weighted by Gasteiger charge is -2.04. The normalized spacial score (nSPS) is 10.2. The van der Waals surface area contributed by atoms with E-state index in [1.807, 2.05) is 36.4 Å². The number of hydrogen-bond acceptors (Lipinski definition) is 6. The average molecular weight is 417 g/mol. The Morgan fingerprint density at radius 2 is 1.17 bits per heavy atom. The van der Waals surface area contributed by atoms with Gasteiger partial charge in [-0.25, -0.2) is 9.59 Å². The van der Waals surface area contributed by atoms with Crippen LogP contribution in [0.15, 0.2) is 60.7 Å². The van der Waals surface area contributed by atoms with Crippen molar-refractivity contribution in [1.82, 2.24) is 0 Å². The number of benzene rings is 2. The highest BCUT2D eigenvalue weighted by atomic mass is 16.4. The molecule has 0 aliphatic rings. The molecule has 0 heterocycles. The molecule has 9 heteroatoms. The van der Waals surface area contributed by atoms with Gasteiger partial charge in [0, 0.05) is 13.3 Å². The number of Topliss-reactive ketones (excluding diaryl/α,β-unsaturated/α-hetero) is 2. The van der Waals surface area contributed by atoms with Crippen molar-refractivity contribution in [1.29, 1.82) is 0 Å². The van der Waals surface area contributed by atoms with Gasteiger partial charge >= 0.3 is 17.9 Å². The molecule has 0 aliphatic carbocycles. The molecule has 0 spiro atoms. The Kier molecular flexibility index (Phi) is 12.4. The number of carbonyl (C=O) groups is 5. The van der Waals surface area contributed by atoms with Crippen LogP contribution in [0.25, 0.3) is 0 Å². The number of carbonyl (C=O) groups excluding carboxylic acids is 2. The first-order valence-electron chi connectivity index (χ1n) is 8.60. The zero-order valence-corrected chi connectivity index (χ0v) is 16.2. The molecule has 0 radical (unpaired) electrons. The van der Waals surface area contributed by atoms with Crippen molar-refractivity contribution in [3.05, 3.63) is 71.8 Å². The van der Waals surface area contributed by atoms with E-state index in [-0.39, 0.29) is 6.42 Å². The van der Waals surface area contributed by atoms with Gasteiger partial charge in [0.05, 0.1) is 0 Å². The maximum absolute atomic E-state index is 10.7. The van der Waals surface area contributed by atoms with Crippen molar-refractivity contribution in [3.8, 4) is 0 Å². The molecule has 0 bridgehead atoms. The summed E-state index contributed by atoms with van der Waals surface area (Å²) >= 11 is 0. The van der Waals surface area contributed by atoms with Crippen molar-refractivity contribution in [3.63, 3.8) is 0 Å². The first-order valence-corrected chi connectivity index (χ1v) is 8.60. The molecule has 160 valence electrons. The summed E-state index contributed by atoms with van der Waals surface area (Å²) in [5.41, 5.74) is 7.03. The summed E-state index contributed by atoms with van der Waals surface area (Å²) < 4.78 is 0. The second kappa shape index (κ2) is 14.2. The highest BCUT2D eigenvalue weighted by molar-refractivity contribution is 6.33. The minimum atomic E-state index is -1.38. The highest BCUT2D eigenvalue weighted by Crippen LogP contribution is 2.01. The van der Waals surface area contributed by atoms with Gasteiger partial charge < -0.3 is 21.1 Å². The fourth-order valence-corrected chi connectivity index (χ4v) is 1.81. The van der Waals surface area contributed by atoms with Crippen molar-refractivity contribution < 1.29 is 39.3 Å². The second-order valence-corrected chi connectivity index (χ2v) is 5.89. The summed E-state index contributed by atoms with van der Waals surface area (Å²) in [4.78, 5) is 50.1. The fraction of sp³-hybridized carbons (Fsp3) is 0.190. The SMILES string of the molecule is CC(=O)C(=O)O.N[C@@H](Cc1ccccc1)C(=O)O.O=C(O)C(=O)Cc1ccccc1. The van der Waals surface area contributed by atoms with E-state index in [2.05, 4.69) is 0 Å². The predicted molar refractivity (Wildman–Crippen MR) is 107 cm³/mol. The minimum absolute atomic E-state index is 0.0316. The number of hydrogen-bond donors (Lipinski definition) is 4. The quantitative estimate of drug-likeness (QED) is 0.483. The maximum Gasteiger partial charge on any atom is 0.372 e. The molecule has 0 unspecified atom stereocenters. The molecule has 2 rings (SSSR count). The molecule has 5 N–H and O–H groups in total. The Labute approximate surface area is 172 Å². The molecule has 0 saturated heterocycles. The molecule has 1 atom stereocenters.